The van der Waals surface area contributed by atoms with Crippen molar-refractivity contribution in [2.24, 2.45) is 0 Å². The molecule has 0 atom stereocenters. The lowest BCUT2D eigenvalue weighted by molar-refractivity contribution is 0.0853. The average molecular weight is 425 g/mol. The van der Waals surface area contributed by atoms with Crippen LogP contribution in [0.15, 0.2) is 48.5 Å². The summed E-state index contributed by atoms with van der Waals surface area (Å²) in [5.74, 6) is 1.72. The Hall–Kier alpha value is -1.46. The van der Waals surface area contributed by atoms with Gasteiger partial charge in [-0.2, -0.15) is 0 Å². The third-order valence-corrected chi connectivity index (χ3v) is 6.01. The molecule has 2 aromatic carbocycles. The van der Waals surface area contributed by atoms with E-state index < -0.39 is 0 Å². The Labute approximate surface area is 180 Å². The maximum absolute atomic E-state index is 5.48. The van der Waals surface area contributed by atoms with Crippen LogP contribution in [0.25, 0.3) is 0 Å². The van der Waals surface area contributed by atoms with Crippen LogP contribution in [0, 0.1) is 0 Å². The van der Waals surface area contributed by atoms with E-state index in [0.29, 0.717) is 12.8 Å². The van der Waals surface area contributed by atoms with Crippen molar-refractivity contribution in [2.45, 2.75) is 43.8 Å². The molecule has 1 aliphatic heterocycles. The smallest absolute Gasteiger partial charge is 0.231 e. The van der Waals surface area contributed by atoms with Crippen molar-refractivity contribution in [3.8, 4) is 11.5 Å². The second kappa shape index (κ2) is 9.84. The van der Waals surface area contributed by atoms with Gasteiger partial charge in [0.25, 0.3) is 0 Å². The molecule has 1 N–H and O–H groups in total. The molecule has 0 unspecified atom stereocenters. The molecule has 0 saturated heterocycles. The van der Waals surface area contributed by atoms with Gasteiger partial charge in [-0.3, -0.25) is 4.90 Å². The van der Waals surface area contributed by atoms with E-state index in [0.717, 1.165) is 18.0 Å². The Morgan fingerprint density at radius 3 is 2.32 bits per heavy atom. The van der Waals surface area contributed by atoms with Gasteiger partial charge in [-0.05, 0) is 63.0 Å². The summed E-state index contributed by atoms with van der Waals surface area (Å²) in [7, 11) is 4.43. The number of nitrogens with one attached hydrogen (secondary N) is 1. The number of hydrogen-bond acceptors (Lipinski definition) is 4. The molecule has 1 fully saturated rings. The second-order valence-electron chi connectivity index (χ2n) is 7.63. The summed E-state index contributed by atoms with van der Waals surface area (Å²) in [5.41, 5.74) is 2.86. The van der Waals surface area contributed by atoms with Crippen LogP contribution in [0.3, 0.4) is 0 Å². The number of ether oxygens (including phenoxy) is 2. The first kappa shape index (κ1) is 22.8. The zero-order chi connectivity index (χ0) is 18.0. The summed E-state index contributed by atoms with van der Waals surface area (Å²) in [5, 5.41) is 3.74. The van der Waals surface area contributed by atoms with Gasteiger partial charge in [0.2, 0.25) is 6.79 Å². The lowest BCUT2D eigenvalue weighted by Crippen LogP contribution is -2.47. The van der Waals surface area contributed by atoms with Crippen molar-refractivity contribution in [3.05, 3.63) is 59.7 Å². The number of hydrogen-bond donors (Lipinski definition) is 1. The summed E-state index contributed by atoms with van der Waals surface area (Å²) >= 11 is 0. The van der Waals surface area contributed by atoms with E-state index in [2.05, 4.69) is 66.8 Å². The largest absolute Gasteiger partial charge is 0.454 e. The van der Waals surface area contributed by atoms with Gasteiger partial charge in [-0.25, -0.2) is 0 Å². The summed E-state index contributed by atoms with van der Waals surface area (Å²) in [6, 6.07) is 17.8. The quantitative estimate of drug-likeness (QED) is 0.750. The molecule has 154 valence electrons. The lowest BCUT2D eigenvalue weighted by atomic mass is 9.74. The number of benzene rings is 2. The predicted octanol–water partition coefficient (Wildman–Crippen LogP) is 4.75. The average Bonchev–Trinajstić information content (AvgIpc) is 3.15. The van der Waals surface area contributed by atoms with Crippen molar-refractivity contribution in [1.29, 1.82) is 0 Å². The minimum atomic E-state index is 0. The number of fused-ring (bicyclic) bond motifs is 1. The molecule has 6 heteroatoms. The molecule has 2 aromatic rings. The Kier molecular flexibility index (Phi) is 8.02. The van der Waals surface area contributed by atoms with Gasteiger partial charge >= 0.3 is 0 Å². The zero-order valence-electron chi connectivity index (χ0n) is 16.5. The summed E-state index contributed by atoms with van der Waals surface area (Å²) < 4.78 is 10.9. The van der Waals surface area contributed by atoms with Crippen LogP contribution < -0.4 is 14.8 Å². The van der Waals surface area contributed by atoms with E-state index in [1.165, 1.54) is 36.8 Å². The monoisotopic (exact) mass is 424 g/mol. The molecule has 1 aliphatic carbocycles. The fourth-order valence-electron chi connectivity index (χ4n) is 4.36. The molecule has 0 spiro atoms. The molecule has 1 heterocycles. The minimum absolute atomic E-state index is 0. The molecule has 0 radical (unpaired) electrons. The van der Waals surface area contributed by atoms with Crippen LogP contribution in [0.4, 0.5) is 0 Å². The lowest BCUT2D eigenvalue weighted by Gasteiger charge is -2.45. The van der Waals surface area contributed by atoms with E-state index in [1.807, 2.05) is 6.07 Å². The summed E-state index contributed by atoms with van der Waals surface area (Å²) in [6.07, 6.45) is 4.75. The molecule has 0 bridgehead atoms. The highest BCUT2D eigenvalue weighted by molar-refractivity contribution is 5.85. The SMILES string of the molecule is CN(C)C1(c2ccccc2)CCC(NCc2ccc3c(c2)OCO3)CC1.Cl.Cl. The minimum Gasteiger partial charge on any atom is -0.454 e. The maximum Gasteiger partial charge on any atom is 0.231 e. The van der Waals surface area contributed by atoms with Gasteiger partial charge in [-0.15, -0.1) is 24.8 Å². The Bertz CT molecular complexity index is 747. The number of nitrogens with zero attached hydrogens (tertiary/aromatic N) is 1. The first-order valence-electron chi connectivity index (χ1n) is 9.52. The zero-order valence-corrected chi connectivity index (χ0v) is 18.2. The molecule has 0 aromatic heterocycles. The van der Waals surface area contributed by atoms with Gasteiger partial charge in [0.05, 0.1) is 0 Å². The van der Waals surface area contributed by atoms with E-state index >= 15 is 0 Å². The molecule has 1 saturated carbocycles. The van der Waals surface area contributed by atoms with Crippen LogP contribution >= 0.6 is 24.8 Å². The number of rotatable bonds is 5. The van der Waals surface area contributed by atoms with Crippen LogP contribution in [0.2, 0.25) is 0 Å². The Balaban J connectivity index is 0.00000140. The normalized spacial score (nSPS) is 23.0. The van der Waals surface area contributed by atoms with Crippen molar-refractivity contribution >= 4 is 24.8 Å². The highest BCUT2D eigenvalue weighted by Crippen LogP contribution is 2.41. The highest BCUT2D eigenvalue weighted by Gasteiger charge is 2.38. The maximum atomic E-state index is 5.48. The van der Waals surface area contributed by atoms with Crippen molar-refractivity contribution in [2.75, 3.05) is 20.9 Å². The molecule has 28 heavy (non-hydrogen) atoms. The fraction of sp³-hybridized carbons (Fsp3) is 0.455. The molecule has 4 nitrogen and oxygen atoms in total. The van der Waals surface area contributed by atoms with Crippen molar-refractivity contribution in [3.63, 3.8) is 0 Å². The molecular formula is C22H30Cl2N2O2. The van der Waals surface area contributed by atoms with Gasteiger partial charge in [0.15, 0.2) is 11.5 Å². The van der Waals surface area contributed by atoms with Gasteiger partial charge in [0.1, 0.15) is 0 Å². The second-order valence-corrected chi connectivity index (χ2v) is 7.63. The van der Waals surface area contributed by atoms with Crippen molar-refractivity contribution < 1.29 is 9.47 Å². The highest BCUT2D eigenvalue weighted by atomic mass is 35.5. The standard InChI is InChI=1S/C22H28N2O2.2ClH/c1-24(2)22(18-6-4-3-5-7-18)12-10-19(11-13-22)23-15-17-8-9-20-21(14-17)26-16-25-20;;/h3-9,14,19,23H,10-13,15-16H2,1-2H3;2*1H. The van der Waals surface area contributed by atoms with Gasteiger partial charge in [-0.1, -0.05) is 36.4 Å². The van der Waals surface area contributed by atoms with Gasteiger partial charge in [0, 0.05) is 18.1 Å². The van der Waals surface area contributed by atoms with Crippen molar-refractivity contribution in [1.82, 2.24) is 10.2 Å². The van der Waals surface area contributed by atoms with Crippen LogP contribution in [0.5, 0.6) is 11.5 Å². The third kappa shape index (κ3) is 4.57. The van der Waals surface area contributed by atoms with E-state index in [4.69, 9.17) is 9.47 Å². The topological polar surface area (TPSA) is 33.7 Å². The Morgan fingerprint density at radius 2 is 1.64 bits per heavy atom. The molecule has 4 rings (SSSR count). The molecule has 0 amide bonds. The first-order chi connectivity index (χ1) is 12.7. The fourth-order valence-corrected chi connectivity index (χ4v) is 4.36. The predicted molar refractivity (Wildman–Crippen MR) is 118 cm³/mol. The third-order valence-electron chi connectivity index (χ3n) is 6.01. The van der Waals surface area contributed by atoms with Crippen LogP contribution in [0.1, 0.15) is 36.8 Å². The van der Waals surface area contributed by atoms with E-state index in [1.54, 1.807) is 0 Å². The number of halogens is 2. The summed E-state index contributed by atoms with van der Waals surface area (Å²) in [6.45, 7) is 1.21. The van der Waals surface area contributed by atoms with Gasteiger partial charge < -0.3 is 14.8 Å². The molecular weight excluding hydrogens is 395 g/mol. The van der Waals surface area contributed by atoms with E-state index in [-0.39, 0.29) is 30.4 Å². The first-order valence-corrected chi connectivity index (χ1v) is 9.52. The van der Waals surface area contributed by atoms with E-state index in [9.17, 15) is 0 Å². The molecule has 2 aliphatic rings. The van der Waals surface area contributed by atoms with Crippen LogP contribution in [-0.2, 0) is 12.1 Å². The van der Waals surface area contributed by atoms with Crippen LogP contribution in [-0.4, -0.2) is 31.8 Å². The Morgan fingerprint density at radius 1 is 0.964 bits per heavy atom. The summed E-state index contributed by atoms with van der Waals surface area (Å²) in [4.78, 5) is 2.41.